The number of rotatable bonds is 0. The fraction of sp³-hybridized carbons (Fsp3) is 0. The smallest absolute Gasteiger partial charge is 0.0778 e. The molecule has 0 atom stereocenters. The highest BCUT2D eigenvalue weighted by Gasteiger charge is 1.98. The summed E-state index contributed by atoms with van der Waals surface area (Å²) in [4.78, 5) is 0. The molecule has 0 spiro atoms. The van der Waals surface area contributed by atoms with Crippen LogP contribution in [-0.4, -0.2) is 0 Å². The third kappa shape index (κ3) is 8.78. The van der Waals surface area contributed by atoms with E-state index < -0.39 is 0 Å². The number of hydrogen-bond donors (Lipinski definition) is 0. The molecular formula is C18H10Cl8. The lowest BCUT2D eigenvalue weighted by Gasteiger charge is -1.94. The summed E-state index contributed by atoms with van der Waals surface area (Å²) >= 11 is 44.7. The first-order valence-electron chi connectivity index (χ1n) is 6.82. The first kappa shape index (κ1) is 24.0. The maximum Gasteiger partial charge on any atom is 0.0778 e. The van der Waals surface area contributed by atoms with Crippen LogP contribution in [-0.2, 0) is 0 Å². The summed E-state index contributed by atoms with van der Waals surface area (Å²) in [6, 6.07) is 17.3. The molecule has 0 saturated heterocycles. The zero-order valence-corrected chi connectivity index (χ0v) is 18.8. The lowest BCUT2D eigenvalue weighted by Crippen LogP contribution is -1.67. The van der Waals surface area contributed by atoms with Gasteiger partial charge < -0.3 is 0 Å². The Balaban J connectivity index is 0.000000195. The predicted molar refractivity (Wildman–Crippen MR) is 119 cm³/mol. The van der Waals surface area contributed by atoms with Crippen LogP contribution in [0.5, 0.6) is 0 Å². The third-order valence-electron chi connectivity index (χ3n) is 2.61. The molecule has 3 aromatic carbocycles. The Kier molecular flexibility index (Phi) is 11.5. The van der Waals surface area contributed by atoms with E-state index in [0.29, 0.717) is 40.2 Å². The lowest BCUT2D eigenvalue weighted by atomic mass is 10.4. The molecule has 3 rings (SSSR count). The van der Waals surface area contributed by atoms with Gasteiger partial charge in [-0.05, 0) is 42.5 Å². The van der Waals surface area contributed by atoms with Crippen molar-refractivity contribution in [2.45, 2.75) is 0 Å². The van der Waals surface area contributed by atoms with Crippen LogP contribution in [0.25, 0.3) is 0 Å². The SMILES string of the molecule is Clc1ccc(Cl)c(Cl)c1.Clc1cccc(Cl)c1Cl.Clc1ccccc1Cl. The van der Waals surface area contributed by atoms with E-state index in [1.807, 2.05) is 12.1 Å². The number of benzene rings is 3. The maximum absolute atomic E-state index is 5.61. The number of hydrogen-bond acceptors (Lipinski definition) is 0. The van der Waals surface area contributed by atoms with E-state index in [4.69, 9.17) is 92.8 Å². The summed E-state index contributed by atoms with van der Waals surface area (Å²) in [5, 5.41) is 4.23. The van der Waals surface area contributed by atoms with E-state index >= 15 is 0 Å². The Morgan fingerprint density at radius 1 is 0.385 bits per heavy atom. The topological polar surface area (TPSA) is 0 Å². The molecule has 0 N–H and O–H groups in total. The molecule has 0 nitrogen and oxygen atoms in total. The molecule has 0 aromatic heterocycles. The van der Waals surface area contributed by atoms with E-state index in [1.54, 1.807) is 48.5 Å². The summed E-state index contributed by atoms with van der Waals surface area (Å²) < 4.78 is 0. The van der Waals surface area contributed by atoms with Gasteiger partial charge in [0, 0.05) is 5.02 Å². The van der Waals surface area contributed by atoms with Crippen LogP contribution in [0.3, 0.4) is 0 Å². The Labute approximate surface area is 192 Å². The first-order valence-corrected chi connectivity index (χ1v) is 9.84. The molecule has 0 aliphatic rings. The van der Waals surface area contributed by atoms with Crippen molar-refractivity contribution in [3.05, 3.63) is 101 Å². The van der Waals surface area contributed by atoms with Crippen LogP contribution in [0.15, 0.2) is 60.7 Å². The molecule has 0 aliphatic carbocycles. The largest absolute Gasteiger partial charge is 0.0843 e. The second kappa shape index (κ2) is 12.4. The Morgan fingerprint density at radius 3 is 1.15 bits per heavy atom. The number of halogens is 8. The minimum absolute atomic E-state index is 0.417. The molecule has 0 saturated carbocycles. The standard InChI is InChI=1S/2C6H3Cl3.C6H4Cl2/c7-4-1-2-5(8)6(9)3-4;7-4-2-1-3-5(8)6(4)9;7-5-3-1-2-4-6(5)8/h2*1-3H;1-4H. The second-order valence-electron chi connectivity index (χ2n) is 4.51. The van der Waals surface area contributed by atoms with Crippen LogP contribution in [0, 0.1) is 0 Å². The van der Waals surface area contributed by atoms with Gasteiger partial charge in [0.15, 0.2) is 0 Å². The summed E-state index contributed by atoms with van der Waals surface area (Å²) in [5.74, 6) is 0. The van der Waals surface area contributed by atoms with Crippen molar-refractivity contribution in [3.8, 4) is 0 Å². The van der Waals surface area contributed by atoms with Crippen LogP contribution in [0.4, 0.5) is 0 Å². The molecule has 0 bridgehead atoms. The Bertz CT molecular complexity index is 807. The predicted octanol–water partition coefficient (Wildman–Crippen LogP) is 10.3. The summed E-state index contributed by atoms with van der Waals surface area (Å²) in [6.07, 6.45) is 0. The molecule has 3 aromatic rings. The molecule has 138 valence electrons. The monoisotopic (exact) mass is 506 g/mol. The normalized spacial score (nSPS) is 9.54. The van der Waals surface area contributed by atoms with Gasteiger partial charge in [0.05, 0.1) is 35.2 Å². The highest BCUT2D eigenvalue weighted by molar-refractivity contribution is 6.48. The van der Waals surface area contributed by atoms with Gasteiger partial charge in [-0.2, -0.15) is 0 Å². The second-order valence-corrected chi connectivity index (χ2v) is 7.77. The van der Waals surface area contributed by atoms with E-state index in [1.165, 1.54) is 0 Å². The van der Waals surface area contributed by atoms with Crippen molar-refractivity contribution >= 4 is 92.8 Å². The molecule has 0 radical (unpaired) electrons. The van der Waals surface area contributed by atoms with E-state index in [2.05, 4.69) is 0 Å². The van der Waals surface area contributed by atoms with E-state index in [-0.39, 0.29) is 0 Å². The maximum atomic E-state index is 5.61. The van der Waals surface area contributed by atoms with Gasteiger partial charge in [0.1, 0.15) is 0 Å². The van der Waals surface area contributed by atoms with Crippen molar-refractivity contribution < 1.29 is 0 Å². The van der Waals surface area contributed by atoms with Crippen LogP contribution < -0.4 is 0 Å². The quantitative estimate of drug-likeness (QED) is 0.209. The first-order chi connectivity index (χ1) is 12.2. The zero-order valence-electron chi connectivity index (χ0n) is 12.8. The van der Waals surface area contributed by atoms with Crippen LogP contribution >= 0.6 is 92.8 Å². The molecule has 26 heavy (non-hydrogen) atoms. The fourth-order valence-electron chi connectivity index (χ4n) is 1.39. The average molecular weight is 510 g/mol. The summed E-state index contributed by atoms with van der Waals surface area (Å²) in [7, 11) is 0. The minimum atomic E-state index is 0.417. The summed E-state index contributed by atoms with van der Waals surface area (Å²) in [6.45, 7) is 0. The molecule has 8 heteroatoms. The van der Waals surface area contributed by atoms with Crippen LogP contribution in [0.2, 0.25) is 40.2 Å². The van der Waals surface area contributed by atoms with Gasteiger partial charge in [-0.15, -0.1) is 0 Å². The van der Waals surface area contributed by atoms with Crippen molar-refractivity contribution in [2.75, 3.05) is 0 Å². The van der Waals surface area contributed by atoms with Crippen molar-refractivity contribution in [3.63, 3.8) is 0 Å². The Morgan fingerprint density at radius 2 is 0.808 bits per heavy atom. The molecular weight excluding hydrogens is 500 g/mol. The van der Waals surface area contributed by atoms with E-state index in [9.17, 15) is 0 Å². The summed E-state index contributed by atoms with van der Waals surface area (Å²) in [5.41, 5.74) is 0. The molecule has 0 amide bonds. The highest BCUT2D eigenvalue weighted by atomic mass is 35.5. The Hall–Kier alpha value is -0.0200. The van der Waals surface area contributed by atoms with Gasteiger partial charge in [0.25, 0.3) is 0 Å². The van der Waals surface area contributed by atoms with Gasteiger partial charge in [0.2, 0.25) is 0 Å². The van der Waals surface area contributed by atoms with Gasteiger partial charge in [-0.25, -0.2) is 0 Å². The highest BCUT2D eigenvalue weighted by Crippen LogP contribution is 2.28. The van der Waals surface area contributed by atoms with Crippen LogP contribution in [0.1, 0.15) is 0 Å². The molecule has 0 aliphatic heterocycles. The minimum Gasteiger partial charge on any atom is -0.0843 e. The third-order valence-corrected chi connectivity index (χ3v) is 5.57. The van der Waals surface area contributed by atoms with Gasteiger partial charge >= 0.3 is 0 Å². The molecule has 0 fully saturated rings. The lowest BCUT2D eigenvalue weighted by molar-refractivity contribution is 1.70. The molecule has 0 unspecified atom stereocenters. The van der Waals surface area contributed by atoms with Crippen molar-refractivity contribution in [1.29, 1.82) is 0 Å². The molecule has 0 heterocycles. The zero-order chi connectivity index (χ0) is 19.7. The van der Waals surface area contributed by atoms with Gasteiger partial charge in [-0.3, -0.25) is 0 Å². The van der Waals surface area contributed by atoms with Crippen molar-refractivity contribution in [2.24, 2.45) is 0 Å². The average Bonchev–Trinajstić information content (AvgIpc) is 2.60. The fourth-order valence-corrected chi connectivity index (χ4v) is 2.71. The van der Waals surface area contributed by atoms with Crippen molar-refractivity contribution in [1.82, 2.24) is 0 Å². The van der Waals surface area contributed by atoms with Gasteiger partial charge in [-0.1, -0.05) is 111 Å². The van der Waals surface area contributed by atoms with E-state index in [0.717, 1.165) is 0 Å².